The Morgan fingerprint density at radius 2 is 1.71 bits per heavy atom. The minimum atomic E-state index is -1.17. The first-order chi connectivity index (χ1) is 2.94. The van der Waals surface area contributed by atoms with Crippen LogP contribution in [0.3, 0.4) is 0 Å². The molecule has 2 nitrogen and oxygen atoms in total. The molecule has 1 unspecified atom stereocenters. The second-order valence-electron chi connectivity index (χ2n) is 2.07. The van der Waals surface area contributed by atoms with Gasteiger partial charge in [0.25, 0.3) is 0 Å². The third kappa shape index (κ3) is 2.60. The van der Waals surface area contributed by atoms with E-state index in [0.717, 1.165) is 0 Å². The first-order valence-electron chi connectivity index (χ1n) is 2.18. The predicted molar refractivity (Wildman–Crippen MR) is 28.1 cm³/mol. The summed E-state index contributed by atoms with van der Waals surface area (Å²) in [6.45, 7) is 4.86. The molecule has 1 atom stereocenters. The first kappa shape index (κ1) is 6.92. The zero-order valence-electron chi connectivity index (χ0n) is 5.06. The highest BCUT2D eigenvalue weighted by atomic mass is 16.3. The molecule has 7 heavy (non-hydrogen) atoms. The summed E-state index contributed by atoms with van der Waals surface area (Å²) in [4.78, 5) is 1.52. The van der Waals surface area contributed by atoms with Crippen LogP contribution in [0.2, 0.25) is 0 Å². The van der Waals surface area contributed by atoms with Crippen molar-refractivity contribution in [3.05, 3.63) is 6.92 Å². The summed E-state index contributed by atoms with van der Waals surface area (Å²) < 4.78 is 0. The van der Waals surface area contributed by atoms with Crippen molar-refractivity contribution in [3.63, 3.8) is 0 Å². The van der Waals surface area contributed by atoms with E-state index in [1.165, 1.54) is 11.8 Å². The monoisotopic (exact) mass is 101 g/mol. The van der Waals surface area contributed by atoms with E-state index in [-0.39, 0.29) is 0 Å². The molecule has 0 N–H and O–H groups in total. The van der Waals surface area contributed by atoms with Crippen molar-refractivity contribution < 1.29 is 5.11 Å². The summed E-state index contributed by atoms with van der Waals surface area (Å²) in [7, 11) is 3.42. The van der Waals surface area contributed by atoms with Crippen molar-refractivity contribution in [2.45, 2.75) is 12.6 Å². The Kier molecular flexibility index (Phi) is 1.78. The summed E-state index contributed by atoms with van der Waals surface area (Å²) >= 11 is 0. The van der Waals surface area contributed by atoms with Gasteiger partial charge in [-0.25, -0.2) is 5.11 Å². The Morgan fingerprint density at radius 1 is 1.57 bits per heavy atom. The summed E-state index contributed by atoms with van der Waals surface area (Å²) in [6, 6.07) is 0. The topological polar surface area (TPSA) is 23.1 Å². The highest BCUT2D eigenvalue weighted by molar-refractivity contribution is 4.69. The van der Waals surface area contributed by atoms with Gasteiger partial charge in [-0.2, -0.15) is 0 Å². The van der Waals surface area contributed by atoms with Gasteiger partial charge in [-0.1, -0.05) is 0 Å². The van der Waals surface area contributed by atoms with Crippen LogP contribution in [0.25, 0.3) is 0 Å². The van der Waals surface area contributed by atoms with Gasteiger partial charge in [-0.3, -0.25) is 4.90 Å². The highest BCUT2D eigenvalue weighted by Gasteiger charge is 2.16. The minimum absolute atomic E-state index is 1.17. The molecule has 0 bridgehead atoms. The number of nitrogens with zero attached hydrogens (tertiary/aromatic N) is 1. The second-order valence-corrected chi connectivity index (χ2v) is 2.07. The van der Waals surface area contributed by atoms with E-state index in [0.29, 0.717) is 0 Å². The van der Waals surface area contributed by atoms with Gasteiger partial charge in [0.1, 0.15) is 0 Å². The molecule has 0 aromatic heterocycles. The van der Waals surface area contributed by atoms with E-state index in [2.05, 4.69) is 6.92 Å². The zero-order valence-corrected chi connectivity index (χ0v) is 5.06. The number of hydrogen-bond donors (Lipinski definition) is 0. The Hall–Kier alpha value is -0.0800. The Morgan fingerprint density at radius 3 is 1.71 bits per heavy atom. The molecule has 0 aromatic rings. The predicted octanol–water partition coefficient (Wildman–Crippen LogP) is 0.529. The number of rotatable bonds is 1. The van der Waals surface area contributed by atoms with Gasteiger partial charge >= 0.3 is 0 Å². The fourth-order valence-corrected chi connectivity index (χ4v) is 0. The zero-order chi connectivity index (χ0) is 6.08. The van der Waals surface area contributed by atoms with E-state index in [1.807, 2.05) is 0 Å². The minimum Gasteiger partial charge on any atom is -0.280 e. The molecule has 0 saturated heterocycles. The summed E-state index contributed by atoms with van der Waals surface area (Å²) in [5.74, 6) is 0. The molecule has 0 aliphatic carbocycles. The lowest BCUT2D eigenvalue weighted by Gasteiger charge is -2.22. The van der Waals surface area contributed by atoms with E-state index in [4.69, 9.17) is 0 Å². The average molecular weight is 101 g/mol. The molecule has 2 radical (unpaired) electrons. The lowest BCUT2D eigenvalue weighted by Crippen LogP contribution is -2.36. The Bertz CT molecular complexity index is 53.6. The van der Waals surface area contributed by atoms with Crippen LogP contribution in [0.4, 0.5) is 0 Å². The fourth-order valence-electron chi connectivity index (χ4n) is 0. The summed E-state index contributed by atoms with van der Waals surface area (Å²) in [5, 5.41) is 10.6. The SMILES string of the molecule is [CH2]C(C)([O])N(C)C. The van der Waals surface area contributed by atoms with Crippen LogP contribution in [0.1, 0.15) is 6.92 Å². The maximum Gasteiger partial charge on any atom is 0.153 e. The number of hydrogen-bond acceptors (Lipinski definition) is 1. The van der Waals surface area contributed by atoms with E-state index in [1.54, 1.807) is 14.1 Å². The van der Waals surface area contributed by atoms with Crippen LogP contribution in [0, 0.1) is 6.92 Å². The van der Waals surface area contributed by atoms with Crippen LogP contribution in [0.15, 0.2) is 0 Å². The van der Waals surface area contributed by atoms with Crippen molar-refractivity contribution in [2.24, 2.45) is 0 Å². The van der Waals surface area contributed by atoms with Crippen LogP contribution in [-0.4, -0.2) is 24.7 Å². The lowest BCUT2D eigenvalue weighted by atomic mass is 10.3. The molecule has 0 aromatic carbocycles. The van der Waals surface area contributed by atoms with Crippen LogP contribution in [-0.2, 0) is 5.11 Å². The lowest BCUT2D eigenvalue weighted by molar-refractivity contribution is -0.0805. The standard InChI is InChI=1S/C5H11NO/c1-5(2,7)6(3)4/h1H2,2-4H3. The van der Waals surface area contributed by atoms with E-state index in [9.17, 15) is 5.11 Å². The smallest absolute Gasteiger partial charge is 0.153 e. The second kappa shape index (κ2) is 1.80. The Labute approximate surface area is 44.8 Å². The third-order valence-electron chi connectivity index (χ3n) is 0.946. The van der Waals surface area contributed by atoms with Gasteiger partial charge in [-0.15, -0.1) is 0 Å². The van der Waals surface area contributed by atoms with E-state index >= 15 is 0 Å². The van der Waals surface area contributed by atoms with Gasteiger partial charge in [0, 0.05) is 0 Å². The van der Waals surface area contributed by atoms with Crippen molar-refractivity contribution in [1.29, 1.82) is 0 Å². The van der Waals surface area contributed by atoms with Crippen LogP contribution in [0.5, 0.6) is 0 Å². The van der Waals surface area contributed by atoms with Gasteiger partial charge in [0.15, 0.2) is 5.72 Å². The first-order valence-corrected chi connectivity index (χ1v) is 2.18. The van der Waals surface area contributed by atoms with Crippen molar-refractivity contribution in [3.8, 4) is 0 Å². The molecular weight excluding hydrogens is 90.1 g/mol. The van der Waals surface area contributed by atoms with Gasteiger partial charge in [-0.05, 0) is 27.9 Å². The quantitative estimate of drug-likeness (QED) is 0.442. The van der Waals surface area contributed by atoms with Crippen molar-refractivity contribution in [2.75, 3.05) is 14.1 Å². The van der Waals surface area contributed by atoms with Gasteiger partial charge in [0.2, 0.25) is 0 Å². The van der Waals surface area contributed by atoms with Crippen molar-refractivity contribution in [1.82, 2.24) is 4.90 Å². The summed E-state index contributed by atoms with van der Waals surface area (Å²) in [5.41, 5.74) is -1.17. The third-order valence-corrected chi connectivity index (χ3v) is 0.946. The molecule has 0 saturated carbocycles. The van der Waals surface area contributed by atoms with Gasteiger partial charge in [0.05, 0.1) is 0 Å². The summed E-state index contributed by atoms with van der Waals surface area (Å²) in [6.07, 6.45) is 0. The Balaban J connectivity index is 3.54. The molecule has 0 heterocycles. The maximum atomic E-state index is 10.6. The molecule has 0 aliphatic rings. The molecule has 0 fully saturated rings. The fraction of sp³-hybridized carbons (Fsp3) is 0.800. The molecule has 2 heteroatoms. The molecule has 0 spiro atoms. The van der Waals surface area contributed by atoms with Gasteiger partial charge < -0.3 is 0 Å². The highest BCUT2D eigenvalue weighted by Crippen LogP contribution is 2.02. The largest absolute Gasteiger partial charge is 0.280 e. The molecule has 0 rings (SSSR count). The normalized spacial score (nSPS) is 12.9. The molecular formula is C5H11NO. The molecule has 42 valence electrons. The van der Waals surface area contributed by atoms with E-state index < -0.39 is 5.72 Å². The van der Waals surface area contributed by atoms with Crippen molar-refractivity contribution >= 4 is 0 Å². The maximum absolute atomic E-state index is 10.6. The van der Waals surface area contributed by atoms with Crippen LogP contribution >= 0.6 is 0 Å². The molecule has 0 aliphatic heterocycles. The molecule has 0 amide bonds. The van der Waals surface area contributed by atoms with Crippen LogP contribution < -0.4 is 0 Å². The average Bonchev–Trinajstić information content (AvgIpc) is 1.31.